The molecule has 0 saturated carbocycles. The van der Waals surface area contributed by atoms with Gasteiger partial charge >= 0.3 is 19.4 Å². The molecular formula is C18H12F8N2O3. The Kier molecular flexibility index (Phi) is 5.01. The second-order valence-electron chi connectivity index (χ2n) is 6.80. The Morgan fingerprint density at radius 1 is 1.10 bits per heavy atom. The fraction of sp³-hybridized carbons (Fsp3) is 0.389. The van der Waals surface area contributed by atoms with Crippen molar-refractivity contribution in [1.29, 1.82) is 0 Å². The molecule has 168 valence electrons. The molecule has 1 aromatic carbocycles. The first-order chi connectivity index (χ1) is 14.5. The first kappa shape index (κ1) is 21.2. The summed E-state index contributed by atoms with van der Waals surface area (Å²) < 4.78 is 118. The molecule has 0 radical (unpaired) electrons. The molecule has 13 heteroatoms. The van der Waals surface area contributed by atoms with Gasteiger partial charge in [-0.05, 0) is 18.2 Å². The van der Waals surface area contributed by atoms with Crippen LogP contribution in [0.4, 0.5) is 35.1 Å². The van der Waals surface area contributed by atoms with Crippen LogP contribution < -0.4 is 9.47 Å². The lowest BCUT2D eigenvalue weighted by Gasteiger charge is -2.34. The minimum atomic E-state index is -4.85. The van der Waals surface area contributed by atoms with Gasteiger partial charge < -0.3 is 19.1 Å². The number of ether oxygens (including phenoxy) is 3. The lowest BCUT2D eigenvalue weighted by molar-refractivity contribution is -0.0981. The molecule has 0 unspecified atom stereocenters. The van der Waals surface area contributed by atoms with Gasteiger partial charge in [-0.1, -0.05) is 0 Å². The number of aliphatic imine (C=N–C) groups is 1. The summed E-state index contributed by atoms with van der Waals surface area (Å²) in [6, 6.07) is 2.11. The zero-order valence-corrected chi connectivity index (χ0v) is 15.2. The Bertz CT molecular complexity index is 989. The molecule has 3 heterocycles. The summed E-state index contributed by atoms with van der Waals surface area (Å²) in [5, 5.41) is 0. The fourth-order valence-electron chi connectivity index (χ4n) is 3.68. The van der Waals surface area contributed by atoms with Crippen LogP contribution >= 0.6 is 0 Å². The summed E-state index contributed by atoms with van der Waals surface area (Å²) in [5.74, 6) is -3.56. The van der Waals surface area contributed by atoms with Crippen LogP contribution in [0.1, 0.15) is 12.0 Å². The second-order valence-corrected chi connectivity index (χ2v) is 6.80. The standard InChI is InChI=1S/C18H12F8N2O3/c19-12-10(30-15(20)21)2-1-9-13(12)29-4-3-17(9)7-28-6-8(18(24,25)26)5-11(14(28)27-17)31-16(22)23/h1-2,5-6,15-16H,3-4,7H2/t17-/m1/s1. The van der Waals surface area contributed by atoms with Gasteiger partial charge in [0.25, 0.3) is 0 Å². The topological polar surface area (TPSA) is 43.3 Å². The quantitative estimate of drug-likeness (QED) is 0.617. The first-order valence-electron chi connectivity index (χ1n) is 8.73. The van der Waals surface area contributed by atoms with Crippen molar-refractivity contribution in [3.8, 4) is 11.5 Å². The monoisotopic (exact) mass is 456 g/mol. The Hall–Kier alpha value is -2.99. The van der Waals surface area contributed by atoms with Gasteiger partial charge in [0.05, 0.1) is 18.7 Å². The molecule has 1 aromatic rings. The van der Waals surface area contributed by atoms with Gasteiger partial charge in [0.1, 0.15) is 5.54 Å². The lowest BCUT2D eigenvalue weighted by atomic mass is 9.85. The number of amidine groups is 1. The van der Waals surface area contributed by atoms with E-state index < -0.39 is 53.6 Å². The Labute approximate surface area is 169 Å². The van der Waals surface area contributed by atoms with Crippen molar-refractivity contribution >= 4 is 5.84 Å². The molecular weight excluding hydrogens is 444 g/mol. The molecule has 3 aliphatic heterocycles. The maximum Gasteiger partial charge on any atom is 0.417 e. The molecule has 0 fully saturated rings. The molecule has 0 aliphatic carbocycles. The van der Waals surface area contributed by atoms with Gasteiger partial charge in [0, 0.05) is 18.2 Å². The number of hydrogen-bond donors (Lipinski definition) is 0. The molecule has 1 spiro atoms. The van der Waals surface area contributed by atoms with Crippen molar-refractivity contribution in [1.82, 2.24) is 4.90 Å². The van der Waals surface area contributed by atoms with E-state index in [9.17, 15) is 35.1 Å². The van der Waals surface area contributed by atoms with Crippen LogP contribution in [0.15, 0.2) is 40.7 Å². The number of fused-ring (bicyclic) bond motifs is 3. The largest absolute Gasteiger partial charge is 0.490 e. The number of benzene rings is 1. The maximum absolute atomic E-state index is 14.6. The van der Waals surface area contributed by atoms with Crippen molar-refractivity contribution in [2.24, 2.45) is 4.99 Å². The van der Waals surface area contributed by atoms with E-state index in [1.807, 2.05) is 0 Å². The third kappa shape index (κ3) is 3.76. The van der Waals surface area contributed by atoms with E-state index in [1.165, 1.54) is 6.07 Å². The van der Waals surface area contributed by atoms with E-state index in [-0.39, 0.29) is 31.0 Å². The smallest absolute Gasteiger partial charge is 0.417 e. The van der Waals surface area contributed by atoms with Crippen molar-refractivity contribution < 1.29 is 49.3 Å². The van der Waals surface area contributed by atoms with Crippen LogP contribution in [0.25, 0.3) is 0 Å². The van der Waals surface area contributed by atoms with Crippen LogP contribution in [0.2, 0.25) is 0 Å². The summed E-state index contributed by atoms with van der Waals surface area (Å²) in [4.78, 5) is 5.28. The number of allylic oxidation sites excluding steroid dienone is 2. The zero-order valence-electron chi connectivity index (χ0n) is 15.2. The van der Waals surface area contributed by atoms with Crippen molar-refractivity contribution in [2.75, 3.05) is 13.2 Å². The van der Waals surface area contributed by atoms with Crippen LogP contribution in [0.5, 0.6) is 11.5 Å². The van der Waals surface area contributed by atoms with Crippen molar-refractivity contribution in [3.05, 3.63) is 47.1 Å². The number of rotatable bonds is 4. The molecule has 0 bridgehead atoms. The van der Waals surface area contributed by atoms with E-state index >= 15 is 0 Å². The third-order valence-electron chi connectivity index (χ3n) is 4.91. The van der Waals surface area contributed by atoms with Gasteiger partial charge in [-0.15, -0.1) is 0 Å². The van der Waals surface area contributed by atoms with Gasteiger partial charge in [-0.2, -0.15) is 35.1 Å². The van der Waals surface area contributed by atoms with E-state index in [1.54, 1.807) is 0 Å². The van der Waals surface area contributed by atoms with Crippen LogP contribution in [0.3, 0.4) is 0 Å². The van der Waals surface area contributed by atoms with E-state index in [0.29, 0.717) is 12.3 Å². The molecule has 1 atom stereocenters. The molecule has 3 aliphatic rings. The number of nitrogens with zero attached hydrogens (tertiary/aromatic N) is 2. The van der Waals surface area contributed by atoms with E-state index in [2.05, 4.69) is 14.5 Å². The molecule has 0 amide bonds. The van der Waals surface area contributed by atoms with Gasteiger partial charge in [0.2, 0.25) is 5.82 Å². The molecule has 0 N–H and O–H groups in total. The summed E-state index contributed by atoms with van der Waals surface area (Å²) >= 11 is 0. The summed E-state index contributed by atoms with van der Waals surface area (Å²) in [5.41, 5.74) is -2.56. The highest BCUT2D eigenvalue weighted by Crippen LogP contribution is 2.48. The average molecular weight is 456 g/mol. The molecule has 5 nitrogen and oxygen atoms in total. The summed E-state index contributed by atoms with van der Waals surface area (Å²) in [6.07, 6.45) is -3.70. The molecule has 4 rings (SSSR count). The molecule has 31 heavy (non-hydrogen) atoms. The Morgan fingerprint density at radius 3 is 2.45 bits per heavy atom. The van der Waals surface area contributed by atoms with Gasteiger partial charge in [0.15, 0.2) is 23.1 Å². The average Bonchev–Trinajstić information content (AvgIpc) is 3.02. The second kappa shape index (κ2) is 7.31. The number of hydrogen-bond acceptors (Lipinski definition) is 5. The van der Waals surface area contributed by atoms with Crippen LogP contribution in [-0.4, -0.2) is 43.3 Å². The predicted octanol–water partition coefficient (Wildman–Crippen LogP) is 4.70. The fourth-order valence-corrected chi connectivity index (χ4v) is 3.68. The van der Waals surface area contributed by atoms with Gasteiger partial charge in [-0.25, -0.2) is 0 Å². The van der Waals surface area contributed by atoms with Crippen molar-refractivity contribution in [2.45, 2.75) is 31.4 Å². The molecule has 0 saturated heterocycles. The number of halogens is 8. The minimum Gasteiger partial charge on any atom is -0.490 e. The Balaban J connectivity index is 1.78. The highest BCUT2D eigenvalue weighted by Gasteiger charge is 2.49. The lowest BCUT2D eigenvalue weighted by Crippen LogP contribution is -2.38. The van der Waals surface area contributed by atoms with Gasteiger partial charge in [-0.3, -0.25) is 4.99 Å². The van der Waals surface area contributed by atoms with Crippen molar-refractivity contribution in [3.63, 3.8) is 0 Å². The summed E-state index contributed by atoms with van der Waals surface area (Å²) in [7, 11) is 0. The highest BCUT2D eigenvalue weighted by molar-refractivity contribution is 6.00. The van der Waals surface area contributed by atoms with E-state index in [0.717, 1.165) is 11.0 Å². The minimum absolute atomic E-state index is 0.0538. The summed E-state index contributed by atoms with van der Waals surface area (Å²) in [6.45, 7) is -7.13. The van der Waals surface area contributed by atoms with Crippen LogP contribution in [0, 0.1) is 5.82 Å². The maximum atomic E-state index is 14.6. The predicted molar refractivity (Wildman–Crippen MR) is 88.3 cm³/mol. The Morgan fingerprint density at radius 2 is 1.81 bits per heavy atom. The molecule has 0 aromatic heterocycles. The van der Waals surface area contributed by atoms with Crippen LogP contribution in [-0.2, 0) is 10.3 Å². The third-order valence-corrected chi connectivity index (χ3v) is 4.91. The van der Waals surface area contributed by atoms with E-state index in [4.69, 9.17) is 4.74 Å². The number of alkyl halides is 7. The normalized spacial score (nSPS) is 22.6. The zero-order chi connectivity index (χ0) is 22.6. The highest BCUT2D eigenvalue weighted by atomic mass is 19.4. The first-order valence-corrected chi connectivity index (χ1v) is 8.73. The SMILES string of the molecule is Fc1c(OC(F)F)ccc2c1OCC[C@@]21CN2C=C(C(F)(F)F)C=C(OC(F)F)C2=N1.